The zero-order chi connectivity index (χ0) is 9.42. The van der Waals surface area contributed by atoms with E-state index in [9.17, 15) is 0 Å². The lowest BCUT2D eigenvalue weighted by Crippen LogP contribution is -2.17. The molecule has 2 aromatic heterocycles. The first-order valence-electron chi connectivity index (χ1n) is 4.17. The largest absolute Gasteiger partial charge is 0.338 e. The number of fused-ring (bicyclic) bond motifs is 1. The Kier molecular flexibility index (Phi) is 1.65. The minimum atomic E-state index is 0.414. The van der Waals surface area contributed by atoms with E-state index in [0.717, 1.165) is 12.2 Å². The van der Waals surface area contributed by atoms with Crippen LogP contribution in [0.15, 0.2) is 6.33 Å². The normalized spacial score (nSPS) is 10.9. The van der Waals surface area contributed by atoms with Gasteiger partial charge in [0.25, 0.3) is 0 Å². The second kappa shape index (κ2) is 2.69. The fourth-order valence-electron chi connectivity index (χ4n) is 1.21. The smallest absolute Gasteiger partial charge is 0.182 e. The van der Waals surface area contributed by atoms with Crippen molar-refractivity contribution in [2.75, 3.05) is 0 Å². The molecular formula is C8H11N5. The van der Waals surface area contributed by atoms with Crippen LogP contribution in [0.1, 0.15) is 12.7 Å². The molecule has 2 aromatic rings. The van der Waals surface area contributed by atoms with Crippen molar-refractivity contribution in [3.05, 3.63) is 17.6 Å². The van der Waals surface area contributed by atoms with Gasteiger partial charge in [-0.05, 0) is 0 Å². The number of hydrogen-bond donors (Lipinski definition) is 2. The summed E-state index contributed by atoms with van der Waals surface area (Å²) in [5.74, 6) is 0.877. The van der Waals surface area contributed by atoms with Crippen LogP contribution in [0.2, 0.25) is 0 Å². The van der Waals surface area contributed by atoms with Crippen LogP contribution in [0, 0.1) is 5.41 Å². The highest BCUT2D eigenvalue weighted by atomic mass is 15.1. The van der Waals surface area contributed by atoms with Crippen molar-refractivity contribution >= 4 is 11.2 Å². The summed E-state index contributed by atoms with van der Waals surface area (Å²) in [4.78, 5) is 11.4. The van der Waals surface area contributed by atoms with E-state index < -0.39 is 0 Å². The Bertz CT molecular complexity index is 493. The predicted molar refractivity (Wildman–Crippen MR) is 48.1 cm³/mol. The number of nitrogens with zero attached hydrogens (tertiary/aromatic N) is 3. The first kappa shape index (κ1) is 7.97. The Morgan fingerprint density at radius 2 is 2.38 bits per heavy atom. The van der Waals surface area contributed by atoms with Crippen LogP contribution in [0.3, 0.4) is 0 Å². The Balaban J connectivity index is 2.84. The molecule has 0 bridgehead atoms. The van der Waals surface area contributed by atoms with Crippen molar-refractivity contribution in [1.82, 2.24) is 19.5 Å². The summed E-state index contributed by atoms with van der Waals surface area (Å²) < 4.78 is 1.65. The van der Waals surface area contributed by atoms with Crippen molar-refractivity contribution in [2.24, 2.45) is 7.05 Å². The van der Waals surface area contributed by atoms with Gasteiger partial charge >= 0.3 is 0 Å². The minimum Gasteiger partial charge on any atom is -0.338 e. The van der Waals surface area contributed by atoms with Crippen LogP contribution in [0.25, 0.3) is 11.2 Å². The summed E-state index contributed by atoms with van der Waals surface area (Å²) >= 11 is 0. The molecule has 2 N–H and O–H groups in total. The topological polar surface area (TPSA) is 70.3 Å². The number of hydrogen-bond acceptors (Lipinski definition) is 3. The third kappa shape index (κ3) is 1.12. The van der Waals surface area contributed by atoms with Crippen molar-refractivity contribution in [3.63, 3.8) is 0 Å². The van der Waals surface area contributed by atoms with Crippen LogP contribution in [0.4, 0.5) is 0 Å². The second-order valence-corrected chi connectivity index (χ2v) is 2.94. The van der Waals surface area contributed by atoms with Gasteiger partial charge in [-0.1, -0.05) is 6.92 Å². The SMILES string of the molecule is CCc1nc2ncn(C)c(=N)c2[nH]1. The molecule has 2 heterocycles. The molecule has 0 unspecified atom stereocenters. The second-order valence-electron chi connectivity index (χ2n) is 2.94. The van der Waals surface area contributed by atoms with E-state index in [2.05, 4.69) is 15.0 Å². The molecule has 5 heteroatoms. The van der Waals surface area contributed by atoms with Gasteiger partial charge in [0, 0.05) is 13.5 Å². The van der Waals surface area contributed by atoms with E-state index >= 15 is 0 Å². The molecule has 2 rings (SSSR count). The fourth-order valence-corrected chi connectivity index (χ4v) is 1.21. The van der Waals surface area contributed by atoms with Gasteiger partial charge in [-0.25, -0.2) is 9.97 Å². The lowest BCUT2D eigenvalue weighted by molar-refractivity contribution is 0.802. The summed E-state index contributed by atoms with van der Waals surface area (Å²) in [6.45, 7) is 2.02. The molecule has 5 nitrogen and oxygen atoms in total. The van der Waals surface area contributed by atoms with E-state index in [1.54, 1.807) is 17.9 Å². The van der Waals surface area contributed by atoms with E-state index in [0.29, 0.717) is 16.7 Å². The molecule has 0 aliphatic heterocycles. The number of rotatable bonds is 1. The third-order valence-electron chi connectivity index (χ3n) is 2.01. The van der Waals surface area contributed by atoms with Crippen LogP contribution < -0.4 is 5.49 Å². The molecule has 0 fully saturated rings. The number of imidazole rings is 1. The third-order valence-corrected chi connectivity index (χ3v) is 2.01. The highest BCUT2D eigenvalue weighted by Crippen LogP contribution is 2.02. The molecule has 0 aliphatic carbocycles. The van der Waals surface area contributed by atoms with Crippen LogP contribution >= 0.6 is 0 Å². The highest BCUT2D eigenvalue weighted by molar-refractivity contribution is 5.68. The Morgan fingerprint density at radius 1 is 1.62 bits per heavy atom. The van der Waals surface area contributed by atoms with E-state index in [1.165, 1.54) is 0 Å². The van der Waals surface area contributed by atoms with Gasteiger partial charge in [-0.15, -0.1) is 0 Å². The van der Waals surface area contributed by atoms with Crippen molar-refractivity contribution < 1.29 is 0 Å². The predicted octanol–water partition coefficient (Wildman–Crippen LogP) is 0.338. The molecule has 0 spiro atoms. The zero-order valence-corrected chi connectivity index (χ0v) is 7.63. The lowest BCUT2D eigenvalue weighted by Gasteiger charge is -1.95. The zero-order valence-electron chi connectivity index (χ0n) is 7.63. The van der Waals surface area contributed by atoms with E-state index in [-0.39, 0.29) is 0 Å². The Morgan fingerprint density at radius 3 is 3.08 bits per heavy atom. The highest BCUT2D eigenvalue weighted by Gasteiger charge is 2.04. The van der Waals surface area contributed by atoms with Gasteiger partial charge in [0.2, 0.25) is 0 Å². The Labute approximate surface area is 75.0 Å². The van der Waals surface area contributed by atoms with Gasteiger partial charge in [0.05, 0.1) is 6.33 Å². The number of H-pyrrole nitrogens is 1. The van der Waals surface area contributed by atoms with Crippen LogP contribution in [0.5, 0.6) is 0 Å². The molecule has 0 aromatic carbocycles. The monoisotopic (exact) mass is 177 g/mol. The number of aryl methyl sites for hydroxylation is 2. The maximum Gasteiger partial charge on any atom is 0.182 e. The summed E-state index contributed by atoms with van der Waals surface area (Å²) in [5.41, 5.74) is 1.75. The van der Waals surface area contributed by atoms with E-state index in [1.807, 2.05) is 6.92 Å². The van der Waals surface area contributed by atoms with Gasteiger partial charge in [-0.3, -0.25) is 5.41 Å². The molecule has 0 atom stereocenters. The van der Waals surface area contributed by atoms with Crippen LogP contribution in [-0.2, 0) is 13.5 Å². The summed E-state index contributed by atoms with van der Waals surface area (Å²) in [6, 6.07) is 0. The molecule has 0 amide bonds. The quantitative estimate of drug-likeness (QED) is 0.659. The molecule has 13 heavy (non-hydrogen) atoms. The van der Waals surface area contributed by atoms with Gasteiger partial charge in [-0.2, -0.15) is 0 Å². The van der Waals surface area contributed by atoms with E-state index in [4.69, 9.17) is 5.41 Å². The summed E-state index contributed by atoms with van der Waals surface area (Å²) in [6.07, 6.45) is 2.43. The lowest BCUT2D eigenvalue weighted by atomic mass is 10.5. The number of aromatic amines is 1. The van der Waals surface area contributed by atoms with Gasteiger partial charge in [0.1, 0.15) is 11.3 Å². The minimum absolute atomic E-state index is 0.414. The average Bonchev–Trinajstić information content (AvgIpc) is 2.55. The molecule has 0 aliphatic rings. The Hall–Kier alpha value is -1.65. The maximum atomic E-state index is 7.73. The first-order valence-corrected chi connectivity index (χ1v) is 4.17. The first-order chi connectivity index (χ1) is 6.22. The van der Waals surface area contributed by atoms with Crippen molar-refractivity contribution in [3.8, 4) is 0 Å². The molecule has 0 saturated carbocycles. The fraction of sp³-hybridized carbons (Fsp3) is 0.375. The summed E-state index contributed by atoms with van der Waals surface area (Å²) in [5, 5.41) is 7.73. The average molecular weight is 177 g/mol. The van der Waals surface area contributed by atoms with Gasteiger partial charge in [0.15, 0.2) is 11.1 Å². The van der Waals surface area contributed by atoms with Crippen molar-refractivity contribution in [1.29, 1.82) is 5.41 Å². The van der Waals surface area contributed by atoms with Gasteiger partial charge < -0.3 is 9.55 Å². The standard InChI is InChI=1S/C8H11N5/c1-3-5-11-6-7(9)13(2)4-10-8(6)12-5/h4,9H,3H2,1-2H3,(H,11,12). The number of nitrogens with one attached hydrogen (secondary N) is 2. The molecular weight excluding hydrogens is 166 g/mol. The molecule has 68 valence electrons. The molecule has 0 saturated heterocycles. The number of aromatic nitrogens is 4. The van der Waals surface area contributed by atoms with Crippen LogP contribution in [-0.4, -0.2) is 19.5 Å². The maximum absolute atomic E-state index is 7.73. The summed E-state index contributed by atoms with van der Waals surface area (Å²) in [7, 11) is 1.79. The molecule has 0 radical (unpaired) electrons. The van der Waals surface area contributed by atoms with Crippen molar-refractivity contribution in [2.45, 2.75) is 13.3 Å².